The lowest BCUT2D eigenvalue weighted by molar-refractivity contribution is -0.138. The standard InChI is InChI=1S/C33H32O6/c1-4-32(35)39-22-21-38-31-19-13-28(14-20-31)33(25-7-5-24(23-34)6-8-25,26-9-15-29(36-2)16-10-26)27-11-17-30(37-3)18-12-27/h4-20,34H,1,21-23H2,2-3H3. The summed E-state index contributed by atoms with van der Waals surface area (Å²) in [7, 11) is 3.30. The minimum absolute atomic E-state index is 0.0352. The van der Waals surface area contributed by atoms with Gasteiger partial charge in [-0.1, -0.05) is 67.2 Å². The summed E-state index contributed by atoms with van der Waals surface area (Å²) >= 11 is 0. The highest BCUT2D eigenvalue weighted by Gasteiger charge is 2.38. The van der Waals surface area contributed by atoms with E-state index in [2.05, 4.69) is 43.0 Å². The molecule has 0 atom stereocenters. The Kier molecular flexibility index (Phi) is 9.02. The number of aliphatic hydroxyl groups is 1. The molecule has 6 heteroatoms. The number of carbonyl (C=O) groups is 1. The average Bonchev–Trinajstić information content (AvgIpc) is 3.01. The number of esters is 1. The van der Waals surface area contributed by atoms with Gasteiger partial charge in [0.1, 0.15) is 30.5 Å². The van der Waals surface area contributed by atoms with Gasteiger partial charge in [-0.25, -0.2) is 4.79 Å². The van der Waals surface area contributed by atoms with Gasteiger partial charge < -0.3 is 24.1 Å². The Bertz CT molecular complexity index is 1240. The number of ether oxygens (including phenoxy) is 4. The minimum atomic E-state index is -0.704. The number of carbonyl (C=O) groups excluding carboxylic acids is 1. The molecule has 1 N–H and O–H groups in total. The normalized spacial score (nSPS) is 10.9. The third-order valence-corrected chi connectivity index (χ3v) is 6.67. The maximum absolute atomic E-state index is 11.3. The van der Waals surface area contributed by atoms with Crippen molar-refractivity contribution >= 4 is 5.97 Å². The van der Waals surface area contributed by atoms with Crippen molar-refractivity contribution in [2.75, 3.05) is 27.4 Å². The summed E-state index contributed by atoms with van der Waals surface area (Å²) in [5, 5.41) is 9.69. The van der Waals surface area contributed by atoms with Crippen LogP contribution in [-0.4, -0.2) is 38.5 Å². The van der Waals surface area contributed by atoms with E-state index in [4.69, 9.17) is 18.9 Å². The van der Waals surface area contributed by atoms with Crippen LogP contribution in [0.15, 0.2) is 110 Å². The van der Waals surface area contributed by atoms with Gasteiger partial charge in [-0.3, -0.25) is 0 Å². The quantitative estimate of drug-likeness (QED) is 0.111. The van der Waals surface area contributed by atoms with Crippen molar-refractivity contribution in [1.29, 1.82) is 0 Å². The monoisotopic (exact) mass is 524 g/mol. The molecule has 0 spiro atoms. The molecule has 39 heavy (non-hydrogen) atoms. The Morgan fingerprint density at radius 1 is 0.692 bits per heavy atom. The van der Waals surface area contributed by atoms with Gasteiger partial charge in [0, 0.05) is 6.08 Å². The Morgan fingerprint density at radius 2 is 1.10 bits per heavy atom. The van der Waals surface area contributed by atoms with E-state index < -0.39 is 11.4 Å². The molecule has 200 valence electrons. The van der Waals surface area contributed by atoms with E-state index in [-0.39, 0.29) is 19.8 Å². The summed E-state index contributed by atoms with van der Waals surface area (Å²) in [5.74, 6) is 1.70. The zero-order chi connectivity index (χ0) is 27.7. The summed E-state index contributed by atoms with van der Waals surface area (Å²) < 4.78 is 21.7. The van der Waals surface area contributed by atoms with Gasteiger partial charge in [0.15, 0.2) is 0 Å². The summed E-state index contributed by atoms with van der Waals surface area (Å²) in [6.07, 6.45) is 1.12. The molecule has 4 aromatic rings. The molecule has 0 aromatic heterocycles. The van der Waals surface area contributed by atoms with E-state index in [9.17, 15) is 9.90 Å². The summed E-state index contributed by atoms with van der Waals surface area (Å²) in [6, 6.07) is 32.0. The summed E-state index contributed by atoms with van der Waals surface area (Å²) in [5.41, 5.74) is 4.24. The van der Waals surface area contributed by atoms with Gasteiger partial charge in [0.2, 0.25) is 0 Å². The Hall–Kier alpha value is -4.55. The zero-order valence-corrected chi connectivity index (χ0v) is 22.1. The highest BCUT2D eigenvalue weighted by molar-refractivity contribution is 5.81. The van der Waals surface area contributed by atoms with Crippen LogP contribution in [0.25, 0.3) is 0 Å². The predicted octanol–water partition coefficient (Wildman–Crippen LogP) is 5.69. The molecule has 0 aliphatic rings. The largest absolute Gasteiger partial charge is 0.497 e. The van der Waals surface area contributed by atoms with Crippen molar-refractivity contribution in [3.8, 4) is 17.2 Å². The van der Waals surface area contributed by atoms with Crippen LogP contribution in [-0.2, 0) is 21.6 Å². The third kappa shape index (κ3) is 5.97. The van der Waals surface area contributed by atoms with Gasteiger partial charge >= 0.3 is 5.97 Å². The van der Waals surface area contributed by atoms with Gasteiger partial charge in [-0.2, -0.15) is 0 Å². The molecule has 6 nitrogen and oxygen atoms in total. The Balaban J connectivity index is 1.84. The fraction of sp³-hybridized carbons (Fsp3) is 0.182. The Morgan fingerprint density at radius 3 is 1.49 bits per heavy atom. The van der Waals surface area contributed by atoms with Crippen LogP contribution < -0.4 is 14.2 Å². The van der Waals surface area contributed by atoms with E-state index in [1.807, 2.05) is 60.7 Å². The van der Waals surface area contributed by atoms with Gasteiger partial charge in [0.25, 0.3) is 0 Å². The van der Waals surface area contributed by atoms with E-state index in [1.165, 1.54) is 0 Å². The van der Waals surface area contributed by atoms with Gasteiger partial charge in [-0.05, 0) is 64.2 Å². The minimum Gasteiger partial charge on any atom is -0.497 e. The van der Waals surface area contributed by atoms with Crippen molar-refractivity contribution in [2.45, 2.75) is 12.0 Å². The topological polar surface area (TPSA) is 74.2 Å². The maximum atomic E-state index is 11.3. The molecule has 0 fully saturated rings. The predicted molar refractivity (Wildman–Crippen MR) is 150 cm³/mol. The molecule has 0 heterocycles. The lowest BCUT2D eigenvalue weighted by Gasteiger charge is -2.37. The second kappa shape index (κ2) is 12.8. The molecule has 0 aliphatic heterocycles. The second-order valence-corrected chi connectivity index (χ2v) is 8.81. The van der Waals surface area contributed by atoms with Gasteiger partial charge in [0.05, 0.1) is 26.2 Å². The molecule has 0 saturated carbocycles. The number of hydrogen-bond acceptors (Lipinski definition) is 6. The number of rotatable bonds is 12. The lowest BCUT2D eigenvalue weighted by atomic mass is 9.65. The van der Waals surface area contributed by atoms with Crippen LogP contribution in [0.4, 0.5) is 0 Å². The van der Waals surface area contributed by atoms with E-state index in [1.54, 1.807) is 14.2 Å². The van der Waals surface area contributed by atoms with E-state index in [0.29, 0.717) is 5.75 Å². The van der Waals surface area contributed by atoms with Gasteiger partial charge in [-0.15, -0.1) is 0 Å². The molecule has 4 rings (SSSR count). The van der Waals surface area contributed by atoms with Crippen molar-refractivity contribution in [2.24, 2.45) is 0 Å². The number of benzene rings is 4. The number of methoxy groups -OCH3 is 2. The molecule has 4 aromatic carbocycles. The zero-order valence-electron chi connectivity index (χ0n) is 22.1. The lowest BCUT2D eigenvalue weighted by Crippen LogP contribution is -2.31. The molecular weight excluding hydrogens is 492 g/mol. The summed E-state index contributed by atoms with van der Waals surface area (Å²) in [6.45, 7) is 3.71. The smallest absolute Gasteiger partial charge is 0.330 e. The first-order valence-electron chi connectivity index (χ1n) is 12.6. The maximum Gasteiger partial charge on any atom is 0.330 e. The van der Waals surface area contributed by atoms with E-state index >= 15 is 0 Å². The average molecular weight is 525 g/mol. The number of aliphatic hydroxyl groups excluding tert-OH is 1. The molecular formula is C33H32O6. The highest BCUT2D eigenvalue weighted by Crippen LogP contribution is 2.46. The molecule has 0 aliphatic carbocycles. The first-order valence-corrected chi connectivity index (χ1v) is 12.6. The van der Waals surface area contributed by atoms with Crippen molar-refractivity contribution in [1.82, 2.24) is 0 Å². The molecule has 0 amide bonds. The first kappa shape index (κ1) is 27.5. The SMILES string of the molecule is C=CC(=O)OCCOc1ccc(C(c2ccc(CO)cc2)(c2ccc(OC)cc2)c2ccc(OC)cc2)cc1. The fourth-order valence-corrected chi connectivity index (χ4v) is 4.70. The highest BCUT2D eigenvalue weighted by atomic mass is 16.6. The van der Waals surface area contributed by atoms with Crippen molar-refractivity contribution < 1.29 is 28.8 Å². The van der Waals surface area contributed by atoms with E-state index in [0.717, 1.165) is 45.4 Å². The van der Waals surface area contributed by atoms with Crippen molar-refractivity contribution in [3.63, 3.8) is 0 Å². The Labute approximate surface area is 229 Å². The molecule has 0 radical (unpaired) electrons. The summed E-state index contributed by atoms with van der Waals surface area (Å²) in [4.78, 5) is 11.3. The molecule has 0 bridgehead atoms. The fourth-order valence-electron chi connectivity index (χ4n) is 4.70. The van der Waals surface area contributed by atoms with Crippen molar-refractivity contribution in [3.05, 3.63) is 138 Å². The van der Waals surface area contributed by atoms with Crippen LogP contribution in [0.1, 0.15) is 27.8 Å². The molecule has 0 saturated heterocycles. The first-order chi connectivity index (χ1) is 19.0. The van der Waals surface area contributed by atoms with Crippen LogP contribution in [0.5, 0.6) is 17.2 Å². The van der Waals surface area contributed by atoms with Crippen LogP contribution in [0.2, 0.25) is 0 Å². The van der Waals surface area contributed by atoms with Crippen LogP contribution >= 0.6 is 0 Å². The third-order valence-electron chi connectivity index (χ3n) is 6.67. The second-order valence-electron chi connectivity index (χ2n) is 8.81. The van der Waals surface area contributed by atoms with Crippen LogP contribution in [0.3, 0.4) is 0 Å². The molecule has 0 unspecified atom stereocenters. The number of hydrogen-bond donors (Lipinski definition) is 1. The van der Waals surface area contributed by atoms with Crippen LogP contribution in [0, 0.1) is 0 Å².